The topological polar surface area (TPSA) is 37.4 Å². The molecule has 0 atom stereocenters. The average molecular weight is 346 g/mol. The third-order valence-electron chi connectivity index (χ3n) is 4.78. The number of thiazole rings is 1. The molecule has 1 fully saturated rings. The molecule has 5 heteroatoms. The Bertz CT molecular complexity index is 635. The van der Waals surface area contributed by atoms with E-state index in [-0.39, 0.29) is 0 Å². The molecule has 1 N–H and O–H groups in total. The van der Waals surface area contributed by atoms with Crippen LogP contribution in [0.1, 0.15) is 25.0 Å². The molecule has 1 aromatic heterocycles. The van der Waals surface area contributed by atoms with E-state index in [1.165, 1.54) is 38.0 Å². The summed E-state index contributed by atoms with van der Waals surface area (Å²) in [6, 6.07) is 8.10. The fourth-order valence-electron chi connectivity index (χ4n) is 3.34. The summed E-state index contributed by atoms with van der Waals surface area (Å²) >= 11 is 1.71. The number of benzene rings is 1. The maximum absolute atomic E-state index is 5.45. The molecule has 24 heavy (non-hydrogen) atoms. The number of methoxy groups -OCH3 is 1. The molecular weight excluding hydrogens is 318 g/mol. The maximum Gasteiger partial charge on any atom is 0.129 e. The third kappa shape index (κ3) is 4.35. The van der Waals surface area contributed by atoms with Gasteiger partial charge < -0.3 is 10.1 Å². The zero-order valence-electron chi connectivity index (χ0n) is 14.6. The smallest absolute Gasteiger partial charge is 0.129 e. The van der Waals surface area contributed by atoms with Gasteiger partial charge in [-0.2, -0.15) is 0 Å². The van der Waals surface area contributed by atoms with Gasteiger partial charge >= 0.3 is 0 Å². The van der Waals surface area contributed by atoms with E-state index in [0.717, 1.165) is 35.3 Å². The Morgan fingerprint density at radius 1 is 1.29 bits per heavy atom. The molecule has 4 nitrogen and oxygen atoms in total. The van der Waals surface area contributed by atoms with Crippen LogP contribution >= 0.6 is 11.3 Å². The number of piperidine rings is 1. The van der Waals surface area contributed by atoms with Crippen LogP contribution in [-0.4, -0.2) is 43.7 Å². The minimum absolute atomic E-state index is 0.883. The number of rotatable bonds is 7. The summed E-state index contributed by atoms with van der Waals surface area (Å²) in [4.78, 5) is 7.38. The lowest BCUT2D eigenvalue weighted by molar-refractivity contribution is 0.171. The summed E-state index contributed by atoms with van der Waals surface area (Å²) in [7, 11) is 3.75. The Labute approximate surface area is 148 Å². The van der Waals surface area contributed by atoms with Gasteiger partial charge in [0.1, 0.15) is 10.8 Å². The normalized spacial score (nSPS) is 16.4. The van der Waals surface area contributed by atoms with E-state index in [0.29, 0.717) is 0 Å². The fraction of sp³-hybridized carbons (Fsp3) is 0.526. The maximum atomic E-state index is 5.45. The van der Waals surface area contributed by atoms with E-state index in [2.05, 4.69) is 21.7 Å². The molecule has 0 unspecified atom stereocenters. The quantitative estimate of drug-likeness (QED) is 0.831. The summed E-state index contributed by atoms with van der Waals surface area (Å²) in [6.07, 6.45) is 3.93. The molecule has 0 aliphatic carbocycles. The molecule has 1 aliphatic heterocycles. The molecule has 0 saturated carbocycles. The predicted molar refractivity (Wildman–Crippen MR) is 101 cm³/mol. The molecule has 2 aromatic rings. The van der Waals surface area contributed by atoms with E-state index in [9.17, 15) is 0 Å². The van der Waals surface area contributed by atoms with Gasteiger partial charge in [-0.1, -0.05) is 12.1 Å². The second-order valence-corrected chi connectivity index (χ2v) is 7.31. The van der Waals surface area contributed by atoms with Gasteiger partial charge in [0, 0.05) is 11.9 Å². The van der Waals surface area contributed by atoms with Gasteiger partial charge in [-0.05, 0) is 64.0 Å². The van der Waals surface area contributed by atoms with Gasteiger partial charge in [-0.15, -0.1) is 11.3 Å². The summed E-state index contributed by atoms with van der Waals surface area (Å²) in [5.41, 5.74) is 2.26. The molecule has 1 saturated heterocycles. The van der Waals surface area contributed by atoms with Crippen molar-refractivity contribution in [3.63, 3.8) is 0 Å². The van der Waals surface area contributed by atoms with E-state index >= 15 is 0 Å². The Hall–Kier alpha value is -1.43. The number of likely N-dealkylation sites (tertiary alicyclic amines) is 1. The van der Waals surface area contributed by atoms with Crippen molar-refractivity contribution in [3.8, 4) is 16.3 Å². The van der Waals surface area contributed by atoms with Crippen LogP contribution in [0.5, 0.6) is 5.75 Å². The zero-order chi connectivity index (χ0) is 16.8. The summed E-state index contributed by atoms with van der Waals surface area (Å²) in [5, 5.41) is 6.50. The van der Waals surface area contributed by atoms with Crippen molar-refractivity contribution in [2.75, 3.05) is 33.8 Å². The number of nitrogens with one attached hydrogen (secondary N) is 1. The molecule has 0 spiro atoms. The van der Waals surface area contributed by atoms with Crippen molar-refractivity contribution in [2.45, 2.75) is 25.8 Å². The average Bonchev–Trinajstić information content (AvgIpc) is 3.09. The number of aromatic nitrogens is 1. The SMILES string of the molecule is CNCCC1CCN(Cc2csc(-c3ccccc3OC)n2)CC1. The van der Waals surface area contributed by atoms with Crippen LogP contribution in [-0.2, 0) is 6.54 Å². The summed E-state index contributed by atoms with van der Waals surface area (Å²) in [5.74, 6) is 1.78. The molecule has 0 bridgehead atoms. The lowest BCUT2D eigenvalue weighted by Crippen LogP contribution is -2.34. The lowest BCUT2D eigenvalue weighted by Gasteiger charge is -2.31. The van der Waals surface area contributed by atoms with E-state index < -0.39 is 0 Å². The van der Waals surface area contributed by atoms with Crippen LogP contribution in [0, 0.1) is 5.92 Å². The predicted octanol–water partition coefficient (Wildman–Crippen LogP) is 3.64. The fourth-order valence-corrected chi connectivity index (χ4v) is 4.18. The molecule has 0 amide bonds. The number of nitrogens with zero attached hydrogens (tertiary/aromatic N) is 2. The minimum Gasteiger partial charge on any atom is -0.496 e. The highest BCUT2D eigenvalue weighted by molar-refractivity contribution is 7.13. The van der Waals surface area contributed by atoms with Crippen molar-refractivity contribution in [1.29, 1.82) is 0 Å². The lowest BCUT2D eigenvalue weighted by atomic mass is 9.93. The second kappa shape index (κ2) is 8.60. The van der Waals surface area contributed by atoms with Crippen molar-refractivity contribution in [3.05, 3.63) is 35.3 Å². The Kier molecular flexibility index (Phi) is 6.24. The van der Waals surface area contributed by atoms with Gasteiger partial charge in [-0.25, -0.2) is 4.98 Å². The van der Waals surface area contributed by atoms with Gasteiger partial charge in [0.2, 0.25) is 0 Å². The molecule has 130 valence electrons. The number of hydrogen-bond acceptors (Lipinski definition) is 5. The van der Waals surface area contributed by atoms with Crippen molar-refractivity contribution in [1.82, 2.24) is 15.2 Å². The van der Waals surface area contributed by atoms with Crippen molar-refractivity contribution >= 4 is 11.3 Å². The second-order valence-electron chi connectivity index (χ2n) is 6.46. The van der Waals surface area contributed by atoms with Crippen molar-refractivity contribution in [2.24, 2.45) is 5.92 Å². The highest BCUT2D eigenvalue weighted by Crippen LogP contribution is 2.32. The highest BCUT2D eigenvalue weighted by atomic mass is 32.1. The first-order valence-electron chi connectivity index (χ1n) is 8.75. The third-order valence-corrected chi connectivity index (χ3v) is 5.71. The molecular formula is C19H27N3OS. The van der Waals surface area contributed by atoms with Gasteiger partial charge in [-0.3, -0.25) is 4.90 Å². The van der Waals surface area contributed by atoms with E-state index in [4.69, 9.17) is 9.72 Å². The number of para-hydroxylation sites is 1. The molecule has 0 radical (unpaired) electrons. The van der Waals surface area contributed by atoms with Gasteiger partial charge in [0.15, 0.2) is 0 Å². The van der Waals surface area contributed by atoms with Gasteiger partial charge in [0.05, 0.1) is 18.4 Å². The Morgan fingerprint density at radius 2 is 2.08 bits per heavy atom. The van der Waals surface area contributed by atoms with Crippen LogP contribution < -0.4 is 10.1 Å². The standard InChI is InChI=1S/C19H27N3OS/c1-20-10-7-15-8-11-22(12-9-15)13-16-14-24-19(21-16)17-5-3-4-6-18(17)23-2/h3-6,14-15,20H,7-13H2,1-2H3. The van der Waals surface area contributed by atoms with Crippen LogP contribution in [0.4, 0.5) is 0 Å². The van der Waals surface area contributed by atoms with E-state index in [1.54, 1.807) is 18.4 Å². The van der Waals surface area contributed by atoms with Crippen LogP contribution in [0.25, 0.3) is 10.6 Å². The first kappa shape index (κ1) is 17.4. The summed E-state index contributed by atoms with van der Waals surface area (Å²) in [6.45, 7) is 4.48. The highest BCUT2D eigenvalue weighted by Gasteiger charge is 2.20. The van der Waals surface area contributed by atoms with Crippen LogP contribution in [0.2, 0.25) is 0 Å². The number of ether oxygens (including phenoxy) is 1. The molecule has 3 rings (SSSR count). The van der Waals surface area contributed by atoms with Crippen LogP contribution in [0.3, 0.4) is 0 Å². The largest absolute Gasteiger partial charge is 0.496 e. The Balaban J connectivity index is 1.57. The van der Waals surface area contributed by atoms with E-state index in [1.807, 2.05) is 25.2 Å². The van der Waals surface area contributed by atoms with Crippen molar-refractivity contribution < 1.29 is 4.74 Å². The first-order chi connectivity index (χ1) is 11.8. The Morgan fingerprint density at radius 3 is 2.83 bits per heavy atom. The molecule has 1 aliphatic rings. The number of hydrogen-bond donors (Lipinski definition) is 1. The molecule has 1 aromatic carbocycles. The first-order valence-corrected chi connectivity index (χ1v) is 9.63. The zero-order valence-corrected chi connectivity index (χ0v) is 15.4. The minimum atomic E-state index is 0.883. The van der Waals surface area contributed by atoms with Gasteiger partial charge in [0.25, 0.3) is 0 Å². The monoisotopic (exact) mass is 345 g/mol. The summed E-state index contributed by atoms with van der Waals surface area (Å²) < 4.78 is 5.45. The van der Waals surface area contributed by atoms with Crippen LogP contribution in [0.15, 0.2) is 29.6 Å². The molecule has 2 heterocycles.